The summed E-state index contributed by atoms with van der Waals surface area (Å²) in [5.41, 5.74) is 0. The first-order valence-electron chi connectivity index (χ1n) is 4.48. The van der Waals surface area contributed by atoms with Crippen LogP contribution in [0.25, 0.3) is 0 Å². The van der Waals surface area contributed by atoms with Crippen LogP contribution in [0.15, 0.2) is 4.99 Å². The molecule has 2 aliphatic rings. The Morgan fingerprint density at radius 1 is 1.27 bits per heavy atom. The maximum atomic E-state index is 4.45. The predicted octanol–water partition coefficient (Wildman–Crippen LogP) is 0.130. The van der Waals surface area contributed by atoms with Crippen molar-refractivity contribution in [3.8, 4) is 0 Å². The molecule has 0 saturated carbocycles. The van der Waals surface area contributed by atoms with Gasteiger partial charge in [0.05, 0.1) is 6.04 Å². The third-order valence-corrected chi connectivity index (χ3v) is 2.31. The van der Waals surface area contributed by atoms with E-state index in [1.54, 1.807) is 0 Å². The molecular weight excluding hydrogens is 138 g/mol. The summed E-state index contributed by atoms with van der Waals surface area (Å²) < 4.78 is 0. The highest BCUT2D eigenvalue weighted by Gasteiger charge is 2.20. The third kappa shape index (κ3) is 1.53. The average Bonchev–Trinajstić information content (AvgIpc) is 2.58. The molecular formula is C8H15N3. The number of aliphatic imine (C=N–C) groups is 1. The van der Waals surface area contributed by atoms with Crippen molar-refractivity contribution in [1.82, 2.24) is 10.6 Å². The fraction of sp³-hybridized carbons (Fsp3) is 0.875. The van der Waals surface area contributed by atoms with Crippen LogP contribution in [0, 0.1) is 0 Å². The normalized spacial score (nSPS) is 31.3. The van der Waals surface area contributed by atoms with E-state index in [1.165, 1.54) is 25.1 Å². The predicted molar refractivity (Wildman–Crippen MR) is 45.9 cm³/mol. The lowest BCUT2D eigenvalue weighted by molar-refractivity contribution is 0.667. The van der Waals surface area contributed by atoms with Gasteiger partial charge in [-0.15, -0.1) is 0 Å². The van der Waals surface area contributed by atoms with E-state index in [1.807, 2.05) is 0 Å². The van der Waals surface area contributed by atoms with E-state index in [0.717, 1.165) is 19.6 Å². The molecule has 0 radical (unpaired) electrons. The lowest BCUT2D eigenvalue weighted by Gasteiger charge is -2.19. The minimum absolute atomic E-state index is 0.537. The maximum Gasteiger partial charge on any atom is 0.114 e. The second-order valence-corrected chi connectivity index (χ2v) is 3.20. The fourth-order valence-corrected chi connectivity index (χ4v) is 1.70. The molecule has 1 atom stereocenters. The molecule has 3 heteroatoms. The van der Waals surface area contributed by atoms with Gasteiger partial charge in [0.2, 0.25) is 0 Å². The van der Waals surface area contributed by atoms with Crippen molar-refractivity contribution >= 4 is 5.84 Å². The monoisotopic (exact) mass is 153 g/mol. The molecule has 0 aromatic heterocycles. The van der Waals surface area contributed by atoms with Crippen molar-refractivity contribution in [2.24, 2.45) is 4.99 Å². The fourth-order valence-electron chi connectivity index (χ4n) is 1.70. The molecule has 0 aliphatic carbocycles. The highest BCUT2D eigenvalue weighted by atomic mass is 15.1. The summed E-state index contributed by atoms with van der Waals surface area (Å²) in [6, 6.07) is 0.537. The van der Waals surface area contributed by atoms with Gasteiger partial charge in [0.1, 0.15) is 5.84 Å². The molecule has 0 spiro atoms. The Balaban J connectivity index is 1.96. The second kappa shape index (κ2) is 3.22. The summed E-state index contributed by atoms with van der Waals surface area (Å²) in [7, 11) is 0. The molecule has 11 heavy (non-hydrogen) atoms. The van der Waals surface area contributed by atoms with Crippen LogP contribution in [0.4, 0.5) is 0 Å². The van der Waals surface area contributed by atoms with Crippen LogP contribution < -0.4 is 10.6 Å². The summed E-state index contributed by atoms with van der Waals surface area (Å²) in [6.45, 7) is 3.28. The van der Waals surface area contributed by atoms with Crippen molar-refractivity contribution in [3.63, 3.8) is 0 Å². The van der Waals surface area contributed by atoms with Gasteiger partial charge in [-0.3, -0.25) is 4.99 Å². The molecule has 0 aromatic carbocycles. The summed E-state index contributed by atoms with van der Waals surface area (Å²) in [6.07, 6.45) is 3.74. The van der Waals surface area contributed by atoms with Crippen LogP contribution in [-0.4, -0.2) is 31.5 Å². The number of amidine groups is 1. The van der Waals surface area contributed by atoms with Crippen LogP contribution in [0.5, 0.6) is 0 Å². The van der Waals surface area contributed by atoms with E-state index >= 15 is 0 Å². The van der Waals surface area contributed by atoms with Gasteiger partial charge < -0.3 is 10.6 Å². The van der Waals surface area contributed by atoms with Gasteiger partial charge in [-0.05, 0) is 25.8 Å². The highest BCUT2D eigenvalue weighted by molar-refractivity contribution is 5.88. The molecule has 0 aromatic rings. The molecule has 2 rings (SSSR count). The Kier molecular flexibility index (Phi) is 2.08. The largest absolute Gasteiger partial charge is 0.372 e. The van der Waals surface area contributed by atoms with Crippen molar-refractivity contribution in [1.29, 1.82) is 0 Å². The third-order valence-electron chi connectivity index (χ3n) is 2.31. The first-order valence-corrected chi connectivity index (χ1v) is 4.48. The summed E-state index contributed by atoms with van der Waals surface area (Å²) in [4.78, 5) is 4.45. The first-order chi connectivity index (χ1) is 5.47. The summed E-state index contributed by atoms with van der Waals surface area (Å²) in [5.74, 6) is 1.20. The molecule has 2 aliphatic heterocycles. The van der Waals surface area contributed by atoms with Crippen LogP contribution in [0.1, 0.15) is 19.3 Å². The van der Waals surface area contributed by atoms with E-state index in [4.69, 9.17) is 0 Å². The average molecular weight is 153 g/mol. The number of nitrogens with one attached hydrogen (secondary N) is 2. The molecule has 2 heterocycles. The SMILES string of the molecule is C1CN=C(C2CCCN2)NC1. The molecule has 0 bridgehead atoms. The molecule has 0 amide bonds. The lowest BCUT2D eigenvalue weighted by Crippen LogP contribution is -2.43. The zero-order valence-corrected chi connectivity index (χ0v) is 6.77. The minimum Gasteiger partial charge on any atom is -0.372 e. The van der Waals surface area contributed by atoms with Gasteiger partial charge in [0, 0.05) is 13.1 Å². The molecule has 1 unspecified atom stereocenters. The van der Waals surface area contributed by atoms with E-state index in [0.29, 0.717) is 6.04 Å². The van der Waals surface area contributed by atoms with Crippen LogP contribution in [-0.2, 0) is 0 Å². The number of hydrogen-bond acceptors (Lipinski definition) is 3. The van der Waals surface area contributed by atoms with Gasteiger partial charge in [-0.1, -0.05) is 0 Å². The van der Waals surface area contributed by atoms with Crippen molar-refractivity contribution in [2.75, 3.05) is 19.6 Å². The van der Waals surface area contributed by atoms with E-state index in [2.05, 4.69) is 15.6 Å². The minimum atomic E-state index is 0.537. The lowest BCUT2D eigenvalue weighted by atomic mass is 10.2. The Hall–Kier alpha value is -0.570. The molecule has 2 N–H and O–H groups in total. The smallest absolute Gasteiger partial charge is 0.114 e. The maximum absolute atomic E-state index is 4.45. The number of hydrogen-bond donors (Lipinski definition) is 2. The Morgan fingerprint density at radius 2 is 2.27 bits per heavy atom. The van der Waals surface area contributed by atoms with E-state index in [9.17, 15) is 0 Å². The zero-order valence-electron chi connectivity index (χ0n) is 6.77. The Morgan fingerprint density at radius 3 is 2.91 bits per heavy atom. The van der Waals surface area contributed by atoms with Crippen molar-refractivity contribution in [3.05, 3.63) is 0 Å². The van der Waals surface area contributed by atoms with Crippen LogP contribution in [0.2, 0.25) is 0 Å². The topological polar surface area (TPSA) is 36.4 Å². The van der Waals surface area contributed by atoms with Crippen LogP contribution >= 0.6 is 0 Å². The highest BCUT2D eigenvalue weighted by Crippen LogP contribution is 2.07. The van der Waals surface area contributed by atoms with Gasteiger partial charge in [-0.25, -0.2) is 0 Å². The van der Waals surface area contributed by atoms with Crippen molar-refractivity contribution in [2.45, 2.75) is 25.3 Å². The molecule has 3 nitrogen and oxygen atoms in total. The second-order valence-electron chi connectivity index (χ2n) is 3.20. The summed E-state index contributed by atoms with van der Waals surface area (Å²) in [5, 5.41) is 6.78. The zero-order chi connectivity index (χ0) is 7.52. The van der Waals surface area contributed by atoms with Gasteiger partial charge in [0.25, 0.3) is 0 Å². The standard InChI is InChI=1S/C8H15N3/c1-3-7(9-4-1)8-10-5-2-6-11-8/h7,9H,1-6H2,(H,10,11). The number of nitrogens with zero attached hydrogens (tertiary/aromatic N) is 1. The van der Waals surface area contributed by atoms with Gasteiger partial charge in [-0.2, -0.15) is 0 Å². The molecule has 1 fully saturated rings. The number of rotatable bonds is 1. The van der Waals surface area contributed by atoms with Gasteiger partial charge >= 0.3 is 0 Å². The van der Waals surface area contributed by atoms with Gasteiger partial charge in [0.15, 0.2) is 0 Å². The first kappa shape index (κ1) is 7.10. The Labute approximate surface area is 67.3 Å². The van der Waals surface area contributed by atoms with Crippen LogP contribution in [0.3, 0.4) is 0 Å². The van der Waals surface area contributed by atoms with Crippen molar-refractivity contribution < 1.29 is 0 Å². The molecule has 1 saturated heterocycles. The van der Waals surface area contributed by atoms with E-state index < -0.39 is 0 Å². The Bertz CT molecular complexity index is 159. The summed E-state index contributed by atoms with van der Waals surface area (Å²) >= 11 is 0. The van der Waals surface area contributed by atoms with E-state index in [-0.39, 0.29) is 0 Å². The quantitative estimate of drug-likeness (QED) is 0.562. The molecule has 62 valence electrons.